The molecule has 0 radical (unpaired) electrons. The lowest BCUT2D eigenvalue weighted by Gasteiger charge is -2.24. The highest BCUT2D eigenvalue weighted by Crippen LogP contribution is 2.34. The Labute approximate surface area is 102 Å². The summed E-state index contributed by atoms with van der Waals surface area (Å²) < 4.78 is 13.7. The quantitative estimate of drug-likeness (QED) is 0.778. The van der Waals surface area contributed by atoms with Gasteiger partial charge in [-0.2, -0.15) is 0 Å². The summed E-state index contributed by atoms with van der Waals surface area (Å²) in [7, 11) is 0. The van der Waals surface area contributed by atoms with Crippen LogP contribution in [0.2, 0.25) is 5.02 Å². The number of hydrogen-bond donors (Lipinski definition) is 1. The zero-order valence-electron chi connectivity index (χ0n) is 8.19. The van der Waals surface area contributed by atoms with Crippen LogP contribution in [0.4, 0.5) is 4.39 Å². The molecule has 0 spiro atoms. The number of nitrogens with one attached hydrogen (secondary N) is 1. The number of rotatable bonds is 1. The summed E-state index contributed by atoms with van der Waals surface area (Å²) in [6, 6.07) is 3.21. The van der Waals surface area contributed by atoms with Crippen LogP contribution in [0.25, 0.3) is 0 Å². The molecule has 0 aliphatic carbocycles. The standard InChI is InChI=1S/C11H12BrClFN/c12-9-5-8(10(13)6-11(9)14)7-1-3-15-4-2-7/h5-7,15H,1-4H2. The number of halogens is 3. The normalized spacial score (nSPS) is 18.1. The lowest BCUT2D eigenvalue weighted by Crippen LogP contribution is -2.26. The van der Waals surface area contributed by atoms with E-state index < -0.39 is 0 Å². The van der Waals surface area contributed by atoms with Crippen LogP contribution >= 0.6 is 27.5 Å². The summed E-state index contributed by atoms with van der Waals surface area (Å²) in [5.41, 5.74) is 1.06. The van der Waals surface area contributed by atoms with E-state index in [9.17, 15) is 4.39 Å². The van der Waals surface area contributed by atoms with Gasteiger partial charge in [-0.1, -0.05) is 11.6 Å². The molecule has 1 aromatic carbocycles. The molecule has 0 saturated carbocycles. The molecule has 1 fully saturated rings. The van der Waals surface area contributed by atoms with Crippen molar-refractivity contribution in [2.75, 3.05) is 13.1 Å². The van der Waals surface area contributed by atoms with Crippen molar-refractivity contribution in [2.45, 2.75) is 18.8 Å². The second kappa shape index (κ2) is 4.81. The van der Waals surface area contributed by atoms with Crippen molar-refractivity contribution >= 4 is 27.5 Å². The summed E-state index contributed by atoms with van der Waals surface area (Å²) in [5, 5.41) is 3.85. The Hall–Kier alpha value is -0.120. The minimum Gasteiger partial charge on any atom is -0.317 e. The Kier molecular flexibility index (Phi) is 3.65. The van der Waals surface area contributed by atoms with E-state index in [0.717, 1.165) is 31.5 Å². The molecule has 82 valence electrons. The Balaban J connectivity index is 2.30. The summed E-state index contributed by atoms with van der Waals surface area (Å²) in [4.78, 5) is 0. The van der Waals surface area contributed by atoms with Gasteiger partial charge in [0, 0.05) is 5.02 Å². The fraction of sp³-hybridized carbons (Fsp3) is 0.455. The van der Waals surface area contributed by atoms with E-state index in [4.69, 9.17) is 11.6 Å². The molecular formula is C11H12BrClFN. The minimum atomic E-state index is -0.294. The lowest BCUT2D eigenvalue weighted by molar-refractivity contribution is 0.460. The van der Waals surface area contributed by atoms with Gasteiger partial charge in [-0.25, -0.2) is 4.39 Å². The first-order valence-electron chi connectivity index (χ1n) is 5.03. The third-order valence-electron chi connectivity index (χ3n) is 2.82. The maximum atomic E-state index is 13.2. The lowest BCUT2D eigenvalue weighted by atomic mass is 9.90. The van der Waals surface area contributed by atoms with Gasteiger partial charge >= 0.3 is 0 Å². The largest absolute Gasteiger partial charge is 0.317 e. The fourth-order valence-electron chi connectivity index (χ4n) is 1.98. The zero-order chi connectivity index (χ0) is 10.8. The van der Waals surface area contributed by atoms with Gasteiger partial charge in [-0.15, -0.1) is 0 Å². The van der Waals surface area contributed by atoms with Crippen LogP contribution in [0.15, 0.2) is 16.6 Å². The molecule has 1 N–H and O–H groups in total. The van der Waals surface area contributed by atoms with E-state index in [1.165, 1.54) is 6.07 Å². The van der Waals surface area contributed by atoms with Crippen molar-refractivity contribution in [1.29, 1.82) is 0 Å². The predicted octanol–water partition coefficient (Wildman–Crippen LogP) is 3.71. The SMILES string of the molecule is Fc1cc(Cl)c(C2CCNCC2)cc1Br. The highest BCUT2D eigenvalue weighted by atomic mass is 79.9. The van der Waals surface area contributed by atoms with Crippen molar-refractivity contribution in [3.8, 4) is 0 Å². The molecule has 15 heavy (non-hydrogen) atoms. The molecule has 0 aromatic heterocycles. The highest BCUT2D eigenvalue weighted by Gasteiger charge is 2.19. The first-order chi connectivity index (χ1) is 7.18. The first-order valence-corrected chi connectivity index (χ1v) is 6.20. The predicted molar refractivity (Wildman–Crippen MR) is 64.0 cm³/mol. The highest BCUT2D eigenvalue weighted by molar-refractivity contribution is 9.10. The van der Waals surface area contributed by atoms with Gasteiger partial charge in [0.15, 0.2) is 0 Å². The molecule has 1 aliphatic rings. The van der Waals surface area contributed by atoms with Crippen LogP contribution in [0.1, 0.15) is 24.3 Å². The van der Waals surface area contributed by atoms with Gasteiger partial charge < -0.3 is 5.32 Å². The smallest absolute Gasteiger partial charge is 0.138 e. The van der Waals surface area contributed by atoms with Gasteiger partial charge in [0.05, 0.1) is 4.47 Å². The number of hydrogen-bond acceptors (Lipinski definition) is 1. The molecular weight excluding hydrogens is 280 g/mol. The molecule has 1 heterocycles. The van der Waals surface area contributed by atoms with Gasteiger partial charge in [0.25, 0.3) is 0 Å². The van der Waals surface area contributed by atoms with Gasteiger partial charge in [-0.05, 0) is 65.5 Å². The average Bonchev–Trinajstić information content (AvgIpc) is 2.25. The monoisotopic (exact) mass is 291 g/mol. The van der Waals surface area contributed by atoms with Crippen LogP contribution in [-0.4, -0.2) is 13.1 Å². The Morgan fingerprint density at radius 3 is 2.67 bits per heavy atom. The van der Waals surface area contributed by atoms with E-state index in [-0.39, 0.29) is 5.82 Å². The molecule has 1 saturated heterocycles. The van der Waals surface area contributed by atoms with Crippen LogP contribution in [-0.2, 0) is 0 Å². The number of benzene rings is 1. The third-order valence-corrected chi connectivity index (χ3v) is 3.75. The Morgan fingerprint density at radius 1 is 1.33 bits per heavy atom. The van der Waals surface area contributed by atoms with Crippen molar-refractivity contribution in [2.24, 2.45) is 0 Å². The Morgan fingerprint density at radius 2 is 2.00 bits per heavy atom. The summed E-state index contributed by atoms with van der Waals surface area (Å²) in [6.45, 7) is 2.02. The molecule has 0 unspecified atom stereocenters. The first kappa shape index (κ1) is 11.4. The Bertz CT molecular complexity index is 364. The topological polar surface area (TPSA) is 12.0 Å². The van der Waals surface area contributed by atoms with Crippen molar-refractivity contribution in [3.63, 3.8) is 0 Å². The van der Waals surface area contributed by atoms with Crippen LogP contribution in [0.3, 0.4) is 0 Å². The van der Waals surface area contributed by atoms with Crippen LogP contribution in [0, 0.1) is 5.82 Å². The number of piperidine rings is 1. The molecule has 1 aliphatic heterocycles. The van der Waals surface area contributed by atoms with E-state index in [1.54, 1.807) is 0 Å². The van der Waals surface area contributed by atoms with Crippen LogP contribution in [0.5, 0.6) is 0 Å². The molecule has 0 bridgehead atoms. The fourth-order valence-corrected chi connectivity index (χ4v) is 2.65. The maximum absolute atomic E-state index is 13.2. The maximum Gasteiger partial charge on any atom is 0.138 e. The molecule has 2 rings (SSSR count). The van der Waals surface area contributed by atoms with E-state index in [0.29, 0.717) is 15.4 Å². The summed E-state index contributed by atoms with van der Waals surface area (Å²) in [5.74, 6) is 0.160. The molecule has 0 atom stereocenters. The second-order valence-corrected chi connectivity index (χ2v) is 5.07. The zero-order valence-corrected chi connectivity index (χ0v) is 10.5. The van der Waals surface area contributed by atoms with E-state index in [2.05, 4.69) is 21.2 Å². The molecule has 0 amide bonds. The summed E-state index contributed by atoms with van der Waals surface area (Å²) >= 11 is 9.25. The van der Waals surface area contributed by atoms with Crippen molar-refractivity contribution in [3.05, 3.63) is 33.0 Å². The molecule has 4 heteroatoms. The minimum absolute atomic E-state index is 0.294. The van der Waals surface area contributed by atoms with Gasteiger partial charge in [-0.3, -0.25) is 0 Å². The third kappa shape index (κ3) is 2.52. The molecule has 1 aromatic rings. The molecule has 1 nitrogen and oxygen atoms in total. The van der Waals surface area contributed by atoms with Crippen LogP contribution < -0.4 is 5.32 Å². The van der Waals surface area contributed by atoms with E-state index in [1.807, 2.05) is 6.07 Å². The average molecular weight is 293 g/mol. The second-order valence-electron chi connectivity index (χ2n) is 3.81. The van der Waals surface area contributed by atoms with Crippen molar-refractivity contribution in [1.82, 2.24) is 5.32 Å². The summed E-state index contributed by atoms with van der Waals surface area (Å²) in [6.07, 6.45) is 2.13. The van der Waals surface area contributed by atoms with E-state index >= 15 is 0 Å². The van der Waals surface area contributed by atoms with Crippen molar-refractivity contribution < 1.29 is 4.39 Å². The van der Waals surface area contributed by atoms with Gasteiger partial charge in [0.1, 0.15) is 5.82 Å². The van der Waals surface area contributed by atoms with Gasteiger partial charge in [0.2, 0.25) is 0 Å².